The van der Waals surface area contributed by atoms with Gasteiger partial charge in [0.15, 0.2) is 0 Å². The number of piperazine rings is 1. The van der Waals surface area contributed by atoms with Crippen LogP contribution in [0.5, 0.6) is 0 Å². The Bertz CT molecular complexity index is 601. The average Bonchev–Trinajstić information content (AvgIpc) is 3.16. The van der Waals surface area contributed by atoms with E-state index in [1.807, 2.05) is 28.0 Å². The van der Waals surface area contributed by atoms with Gasteiger partial charge < -0.3 is 14.5 Å². The standard InChI is InChI=1S/C20H28N2O3/c1-20(2,16-7-4-3-5-8-16)15-18(23)21-10-12-22(13-11-21)19(24)17-9-6-14-25-17/h3-5,7-8,17H,6,9-15H2,1-2H3. The Morgan fingerprint density at radius 2 is 1.72 bits per heavy atom. The zero-order valence-electron chi connectivity index (χ0n) is 15.2. The van der Waals surface area contributed by atoms with Crippen molar-refractivity contribution < 1.29 is 14.3 Å². The van der Waals surface area contributed by atoms with Crippen LogP contribution < -0.4 is 0 Å². The second-order valence-electron chi connectivity index (χ2n) is 7.63. The van der Waals surface area contributed by atoms with E-state index in [9.17, 15) is 9.59 Å². The number of rotatable bonds is 4. The van der Waals surface area contributed by atoms with Crippen molar-refractivity contribution in [3.05, 3.63) is 35.9 Å². The molecule has 25 heavy (non-hydrogen) atoms. The number of ether oxygens (including phenoxy) is 1. The van der Waals surface area contributed by atoms with Gasteiger partial charge in [0.05, 0.1) is 0 Å². The quantitative estimate of drug-likeness (QED) is 0.841. The van der Waals surface area contributed by atoms with E-state index in [2.05, 4.69) is 26.0 Å². The molecule has 0 aromatic heterocycles. The van der Waals surface area contributed by atoms with Crippen molar-refractivity contribution in [1.82, 2.24) is 9.80 Å². The van der Waals surface area contributed by atoms with Crippen LogP contribution >= 0.6 is 0 Å². The largest absolute Gasteiger partial charge is 0.368 e. The predicted molar refractivity (Wildman–Crippen MR) is 96.2 cm³/mol. The highest BCUT2D eigenvalue weighted by Crippen LogP contribution is 2.28. The molecule has 1 aromatic rings. The summed E-state index contributed by atoms with van der Waals surface area (Å²) in [6, 6.07) is 10.2. The number of hydrogen-bond donors (Lipinski definition) is 0. The first-order chi connectivity index (χ1) is 12.0. The molecule has 1 unspecified atom stereocenters. The highest BCUT2D eigenvalue weighted by molar-refractivity contribution is 5.82. The Morgan fingerprint density at radius 1 is 1.08 bits per heavy atom. The molecule has 2 aliphatic heterocycles. The molecule has 2 heterocycles. The van der Waals surface area contributed by atoms with Gasteiger partial charge in [-0.1, -0.05) is 44.2 Å². The summed E-state index contributed by atoms with van der Waals surface area (Å²) in [5, 5.41) is 0. The van der Waals surface area contributed by atoms with Crippen LogP contribution in [0, 0.1) is 0 Å². The average molecular weight is 344 g/mol. The Labute approximate surface area is 149 Å². The number of nitrogens with zero attached hydrogens (tertiary/aromatic N) is 2. The molecule has 5 nitrogen and oxygen atoms in total. The Morgan fingerprint density at radius 3 is 2.32 bits per heavy atom. The van der Waals surface area contributed by atoms with Gasteiger partial charge in [0, 0.05) is 39.2 Å². The minimum Gasteiger partial charge on any atom is -0.368 e. The van der Waals surface area contributed by atoms with Crippen LogP contribution in [0.3, 0.4) is 0 Å². The van der Waals surface area contributed by atoms with Gasteiger partial charge >= 0.3 is 0 Å². The van der Waals surface area contributed by atoms with Gasteiger partial charge in [-0.2, -0.15) is 0 Å². The molecule has 3 rings (SSSR count). The highest BCUT2D eigenvalue weighted by atomic mass is 16.5. The van der Waals surface area contributed by atoms with E-state index in [1.54, 1.807) is 0 Å². The molecule has 0 saturated carbocycles. The summed E-state index contributed by atoms with van der Waals surface area (Å²) in [4.78, 5) is 28.8. The first kappa shape index (κ1) is 17.9. The molecule has 1 atom stereocenters. The van der Waals surface area contributed by atoms with Gasteiger partial charge in [-0.25, -0.2) is 0 Å². The number of hydrogen-bond acceptors (Lipinski definition) is 3. The van der Waals surface area contributed by atoms with Crippen LogP contribution in [0.2, 0.25) is 0 Å². The van der Waals surface area contributed by atoms with Crippen molar-refractivity contribution in [3.63, 3.8) is 0 Å². The van der Waals surface area contributed by atoms with E-state index >= 15 is 0 Å². The fourth-order valence-electron chi connectivity index (χ4n) is 3.63. The Balaban J connectivity index is 1.52. The molecule has 2 aliphatic rings. The van der Waals surface area contributed by atoms with Crippen LogP contribution in [0.25, 0.3) is 0 Å². The third-order valence-corrected chi connectivity index (χ3v) is 5.30. The minimum atomic E-state index is -0.265. The van der Waals surface area contributed by atoms with E-state index in [1.165, 1.54) is 5.56 Å². The second-order valence-corrected chi connectivity index (χ2v) is 7.63. The molecular weight excluding hydrogens is 316 g/mol. The maximum Gasteiger partial charge on any atom is 0.251 e. The summed E-state index contributed by atoms with van der Waals surface area (Å²) < 4.78 is 5.49. The van der Waals surface area contributed by atoms with Crippen molar-refractivity contribution >= 4 is 11.8 Å². The first-order valence-corrected chi connectivity index (χ1v) is 9.21. The van der Waals surface area contributed by atoms with Crippen molar-refractivity contribution in [2.24, 2.45) is 0 Å². The topological polar surface area (TPSA) is 49.9 Å². The van der Waals surface area contributed by atoms with Gasteiger partial charge in [-0.15, -0.1) is 0 Å². The van der Waals surface area contributed by atoms with Crippen molar-refractivity contribution in [2.75, 3.05) is 32.8 Å². The van der Waals surface area contributed by atoms with Crippen LogP contribution in [0.15, 0.2) is 30.3 Å². The molecule has 2 saturated heterocycles. The molecule has 0 bridgehead atoms. The van der Waals surface area contributed by atoms with Gasteiger partial charge in [0.2, 0.25) is 5.91 Å². The zero-order valence-corrected chi connectivity index (χ0v) is 15.2. The third kappa shape index (κ3) is 4.21. The smallest absolute Gasteiger partial charge is 0.251 e. The summed E-state index contributed by atoms with van der Waals surface area (Å²) in [6.45, 7) is 7.34. The van der Waals surface area contributed by atoms with Crippen LogP contribution in [0.1, 0.15) is 38.7 Å². The van der Waals surface area contributed by atoms with Crippen LogP contribution in [-0.4, -0.2) is 60.5 Å². The fraction of sp³-hybridized carbons (Fsp3) is 0.600. The van der Waals surface area contributed by atoms with Crippen LogP contribution in [-0.2, 0) is 19.7 Å². The lowest BCUT2D eigenvalue weighted by Crippen LogP contribution is -2.53. The molecule has 136 valence electrons. The van der Waals surface area contributed by atoms with Gasteiger partial charge in [0.1, 0.15) is 6.10 Å². The fourth-order valence-corrected chi connectivity index (χ4v) is 3.63. The van der Waals surface area contributed by atoms with E-state index in [4.69, 9.17) is 4.74 Å². The summed E-state index contributed by atoms with van der Waals surface area (Å²) in [5.41, 5.74) is 0.985. The van der Waals surface area contributed by atoms with E-state index in [0.29, 0.717) is 39.2 Å². The summed E-state index contributed by atoms with van der Waals surface area (Å²) >= 11 is 0. The lowest BCUT2D eigenvalue weighted by molar-refractivity contribution is -0.146. The maximum atomic E-state index is 12.7. The normalized spacial score (nSPS) is 21.4. The predicted octanol–water partition coefficient (Wildman–Crippen LogP) is 2.20. The van der Waals surface area contributed by atoms with Gasteiger partial charge in [-0.3, -0.25) is 9.59 Å². The van der Waals surface area contributed by atoms with Gasteiger partial charge in [-0.05, 0) is 23.8 Å². The summed E-state index contributed by atoms with van der Waals surface area (Å²) in [5.74, 6) is 0.257. The number of carbonyl (C=O) groups is 2. The SMILES string of the molecule is CC(C)(CC(=O)N1CCN(C(=O)C2CCCO2)CC1)c1ccccc1. The number of carbonyl (C=O) groups excluding carboxylic acids is 2. The summed E-state index contributed by atoms with van der Waals surface area (Å²) in [6.07, 6.45) is 2.00. The molecule has 0 N–H and O–H groups in total. The zero-order chi connectivity index (χ0) is 17.9. The molecular formula is C20H28N2O3. The number of benzene rings is 1. The molecule has 0 spiro atoms. The molecule has 0 aliphatic carbocycles. The maximum absolute atomic E-state index is 12.7. The Kier molecular flexibility index (Phi) is 5.42. The number of amides is 2. The van der Waals surface area contributed by atoms with E-state index in [0.717, 1.165) is 12.8 Å². The van der Waals surface area contributed by atoms with Gasteiger partial charge in [0.25, 0.3) is 5.91 Å². The van der Waals surface area contributed by atoms with Crippen LogP contribution in [0.4, 0.5) is 0 Å². The molecule has 0 radical (unpaired) electrons. The van der Waals surface area contributed by atoms with Crippen molar-refractivity contribution in [3.8, 4) is 0 Å². The minimum absolute atomic E-state index is 0.0919. The van der Waals surface area contributed by atoms with Crippen molar-refractivity contribution in [2.45, 2.75) is 44.6 Å². The molecule has 1 aromatic carbocycles. The van der Waals surface area contributed by atoms with Crippen molar-refractivity contribution in [1.29, 1.82) is 0 Å². The molecule has 2 amide bonds. The lowest BCUT2D eigenvalue weighted by Gasteiger charge is -2.37. The summed E-state index contributed by atoms with van der Waals surface area (Å²) in [7, 11) is 0. The highest BCUT2D eigenvalue weighted by Gasteiger charge is 2.33. The Hall–Kier alpha value is -1.88. The monoisotopic (exact) mass is 344 g/mol. The molecule has 5 heteroatoms. The molecule has 2 fully saturated rings. The first-order valence-electron chi connectivity index (χ1n) is 9.21. The second kappa shape index (κ2) is 7.56. The third-order valence-electron chi connectivity index (χ3n) is 5.30. The van der Waals surface area contributed by atoms with E-state index < -0.39 is 0 Å². The van der Waals surface area contributed by atoms with E-state index in [-0.39, 0.29) is 23.3 Å². The lowest BCUT2D eigenvalue weighted by atomic mass is 9.81.